The highest BCUT2D eigenvalue weighted by Gasteiger charge is 2.14. The van der Waals surface area contributed by atoms with Gasteiger partial charge in [0.05, 0.1) is 0 Å². The predicted molar refractivity (Wildman–Crippen MR) is 67.3 cm³/mol. The number of aromatic hydroxyl groups is 1. The second-order valence-corrected chi connectivity index (χ2v) is 3.71. The minimum Gasteiger partial charge on any atom is -0.508 e. The van der Waals surface area contributed by atoms with Gasteiger partial charge in [-0.1, -0.05) is 12.2 Å². The molecule has 0 aliphatic carbocycles. The minimum atomic E-state index is -0.568. The van der Waals surface area contributed by atoms with E-state index in [0.717, 1.165) is 5.56 Å². The number of hydrogen-bond donors (Lipinski definition) is 2. The Morgan fingerprint density at radius 3 is 2.41 bits per heavy atom. The molecule has 0 saturated carbocycles. The molecule has 90 valence electrons. The van der Waals surface area contributed by atoms with Crippen molar-refractivity contribution in [2.75, 3.05) is 6.61 Å². The molecule has 0 aliphatic rings. The maximum absolute atomic E-state index is 11.6. The number of carbonyl (C=O) groups excluding carboxylic acids is 1. The number of ketones is 1. The summed E-state index contributed by atoms with van der Waals surface area (Å²) in [7, 11) is 0. The van der Waals surface area contributed by atoms with Crippen molar-refractivity contribution in [3.8, 4) is 5.75 Å². The van der Waals surface area contributed by atoms with Gasteiger partial charge >= 0.3 is 0 Å². The molecule has 0 fully saturated rings. The summed E-state index contributed by atoms with van der Waals surface area (Å²) in [5.41, 5.74) is 1.65. The van der Waals surface area contributed by atoms with Crippen LogP contribution in [0.15, 0.2) is 37.4 Å². The maximum Gasteiger partial charge on any atom is 0.188 e. The highest BCUT2D eigenvalue weighted by atomic mass is 16.3. The van der Waals surface area contributed by atoms with Gasteiger partial charge in [-0.15, -0.1) is 13.2 Å². The molecule has 0 heterocycles. The first-order valence-electron chi connectivity index (χ1n) is 5.34. The molecule has 0 saturated heterocycles. The van der Waals surface area contributed by atoms with Gasteiger partial charge in [-0.25, -0.2) is 0 Å². The Labute approximate surface area is 101 Å². The van der Waals surface area contributed by atoms with Gasteiger partial charge in [0, 0.05) is 11.1 Å². The molecule has 1 aromatic carbocycles. The zero-order chi connectivity index (χ0) is 12.8. The first-order valence-corrected chi connectivity index (χ1v) is 5.34. The molecule has 3 nitrogen and oxygen atoms in total. The van der Waals surface area contributed by atoms with Crippen molar-refractivity contribution < 1.29 is 15.0 Å². The number of phenols is 1. The third-order valence-corrected chi connectivity index (χ3v) is 2.46. The molecule has 0 atom stereocenters. The number of allylic oxidation sites excluding steroid dienone is 2. The molecule has 1 aromatic rings. The molecule has 0 radical (unpaired) electrons. The van der Waals surface area contributed by atoms with Crippen molar-refractivity contribution in [3.63, 3.8) is 0 Å². The van der Waals surface area contributed by atoms with Crippen LogP contribution in [-0.2, 0) is 12.8 Å². The number of hydrogen-bond acceptors (Lipinski definition) is 3. The van der Waals surface area contributed by atoms with E-state index in [1.165, 1.54) is 0 Å². The van der Waals surface area contributed by atoms with E-state index in [9.17, 15) is 9.90 Å². The molecule has 0 unspecified atom stereocenters. The number of rotatable bonds is 6. The highest BCUT2D eigenvalue weighted by molar-refractivity contribution is 5.99. The van der Waals surface area contributed by atoms with E-state index in [2.05, 4.69) is 13.2 Å². The fourth-order valence-corrected chi connectivity index (χ4v) is 1.69. The standard InChI is InChI=1S/C14H16O3/c1-3-5-10-7-12(14(17)9-15)11(6-4-2)13(16)8-10/h3-4,7-8,15-16H,1-2,5-6,9H2. The van der Waals surface area contributed by atoms with Crippen molar-refractivity contribution in [3.05, 3.63) is 54.1 Å². The van der Waals surface area contributed by atoms with Gasteiger partial charge in [0.2, 0.25) is 0 Å². The largest absolute Gasteiger partial charge is 0.508 e. The lowest BCUT2D eigenvalue weighted by atomic mass is 9.96. The molecule has 0 spiro atoms. The van der Waals surface area contributed by atoms with Crippen LogP contribution in [-0.4, -0.2) is 22.6 Å². The van der Waals surface area contributed by atoms with Crippen molar-refractivity contribution in [2.24, 2.45) is 0 Å². The predicted octanol–water partition coefficient (Wildman–Crippen LogP) is 2.02. The molecule has 3 heteroatoms. The first kappa shape index (κ1) is 13.2. The Kier molecular flexibility index (Phi) is 4.67. The van der Waals surface area contributed by atoms with E-state index in [4.69, 9.17) is 5.11 Å². The number of aliphatic hydroxyl groups excluding tert-OH is 1. The molecule has 0 amide bonds. The van der Waals surface area contributed by atoms with Gasteiger partial charge in [0.25, 0.3) is 0 Å². The second kappa shape index (κ2) is 6.01. The van der Waals surface area contributed by atoms with Crippen LogP contribution in [0.25, 0.3) is 0 Å². The monoisotopic (exact) mass is 232 g/mol. The third kappa shape index (κ3) is 3.04. The van der Waals surface area contributed by atoms with Gasteiger partial charge in [0.1, 0.15) is 12.4 Å². The Hall–Kier alpha value is -1.87. The Bertz CT molecular complexity index is 447. The summed E-state index contributed by atoms with van der Waals surface area (Å²) < 4.78 is 0. The molecule has 17 heavy (non-hydrogen) atoms. The number of aliphatic hydroxyl groups is 1. The smallest absolute Gasteiger partial charge is 0.188 e. The number of carbonyl (C=O) groups is 1. The summed E-state index contributed by atoms with van der Waals surface area (Å²) >= 11 is 0. The molecule has 0 aromatic heterocycles. The van der Waals surface area contributed by atoms with E-state index >= 15 is 0 Å². The summed E-state index contributed by atoms with van der Waals surface area (Å²) in [5, 5.41) is 18.8. The van der Waals surface area contributed by atoms with Gasteiger partial charge in [-0.3, -0.25) is 4.79 Å². The van der Waals surface area contributed by atoms with Gasteiger partial charge in [0.15, 0.2) is 5.78 Å². The molecular weight excluding hydrogens is 216 g/mol. The summed E-state index contributed by atoms with van der Waals surface area (Å²) in [5.74, 6) is -0.343. The van der Waals surface area contributed by atoms with Crippen molar-refractivity contribution >= 4 is 5.78 Å². The SMILES string of the molecule is C=CCc1cc(O)c(CC=C)c(C(=O)CO)c1. The average Bonchev–Trinajstić information content (AvgIpc) is 2.31. The fraction of sp³-hybridized carbons (Fsp3) is 0.214. The summed E-state index contributed by atoms with van der Waals surface area (Å²) in [6.45, 7) is 6.62. The molecular formula is C14H16O3. The lowest BCUT2D eigenvalue weighted by Crippen LogP contribution is -2.09. The lowest BCUT2D eigenvalue weighted by Gasteiger charge is -2.10. The van der Waals surface area contributed by atoms with Gasteiger partial charge in [-0.2, -0.15) is 0 Å². The minimum absolute atomic E-state index is 0.0565. The van der Waals surface area contributed by atoms with Crippen molar-refractivity contribution in [1.82, 2.24) is 0 Å². The van der Waals surface area contributed by atoms with Crippen LogP contribution in [0, 0.1) is 0 Å². The maximum atomic E-state index is 11.6. The van der Waals surface area contributed by atoms with Crippen LogP contribution in [0.5, 0.6) is 5.75 Å². The second-order valence-electron chi connectivity index (χ2n) is 3.71. The van der Waals surface area contributed by atoms with Crippen LogP contribution in [0.1, 0.15) is 21.5 Å². The summed E-state index contributed by atoms with van der Waals surface area (Å²) in [4.78, 5) is 11.6. The Morgan fingerprint density at radius 1 is 1.24 bits per heavy atom. The lowest BCUT2D eigenvalue weighted by molar-refractivity contribution is 0.0902. The van der Waals surface area contributed by atoms with Crippen LogP contribution < -0.4 is 0 Å². The van der Waals surface area contributed by atoms with E-state index in [-0.39, 0.29) is 5.75 Å². The third-order valence-electron chi connectivity index (χ3n) is 2.46. The topological polar surface area (TPSA) is 57.5 Å². The number of Topliss-reactive ketones (excluding diaryl/α,β-unsaturated/α-hetero) is 1. The zero-order valence-electron chi connectivity index (χ0n) is 9.65. The Balaban J connectivity index is 3.32. The number of benzene rings is 1. The average molecular weight is 232 g/mol. The van der Waals surface area contributed by atoms with Crippen LogP contribution in [0.2, 0.25) is 0 Å². The van der Waals surface area contributed by atoms with Crippen molar-refractivity contribution in [1.29, 1.82) is 0 Å². The van der Waals surface area contributed by atoms with E-state index in [0.29, 0.717) is 24.0 Å². The van der Waals surface area contributed by atoms with Crippen LogP contribution in [0.3, 0.4) is 0 Å². The normalized spacial score (nSPS) is 9.94. The summed E-state index contributed by atoms with van der Waals surface area (Å²) in [6, 6.07) is 3.29. The van der Waals surface area contributed by atoms with E-state index < -0.39 is 12.4 Å². The quantitative estimate of drug-likeness (QED) is 0.582. The number of phenolic OH excluding ortho intramolecular Hbond substituents is 1. The highest BCUT2D eigenvalue weighted by Crippen LogP contribution is 2.25. The van der Waals surface area contributed by atoms with Gasteiger partial charge in [-0.05, 0) is 30.5 Å². The fourth-order valence-electron chi connectivity index (χ4n) is 1.69. The first-order chi connectivity index (χ1) is 8.13. The van der Waals surface area contributed by atoms with Gasteiger partial charge < -0.3 is 10.2 Å². The van der Waals surface area contributed by atoms with Crippen LogP contribution in [0.4, 0.5) is 0 Å². The Morgan fingerprint density at radius 2 is 1.88 bits per heavy atom. The van der Waals surface area contributed by atoms with Crippen LogP contribution >= 0.6 is 0 Å². The molecule has 0 bridgehead atoms. The van der Waals surface area contributed by atoms with E-state index in [1.807, 2.05) is 0 Å². The molecule has 2 N–H and O–H groups in total. The van der Waals surface area contributed by atoms with E-state index in [1.54, 1.807) is 24.3 Å². The summed E-state index contributed by atoms with van der Waals surface area (Å²) in [6.07, 6.45) is 4.25. The van der Waals surface area contributed by atoms with Crippen molar-refractivity contribution in [2.45, 2.75) is 12.8 Å². The molecule has 0 aliphatic heterocycles. The molecule has 1 rings (SSSR count). The zero-order valence-corrected chi connectivity index (χ0v) is 9.65.